The van der Waals surface area contributed by atoms with Crippen LogP contribution in [0, 0.1) is 10.1 Å². The molecule has 0 aliphatic carbocycles. The van der Waals surface area contributed by atoms with Crippen molar-refractivity contribution in [3.8, 4) is 0 Å². The zero-order chi connectivity index (χ0) is 12.0. The van der Waals surface area contributed by atoms with Crippen LogP contribution in [-0.2, 0) is 6.42 Å². The summed E-state index contributed by atoms with van der Waals surface area (Å²) in [5.74, 6) is 0. The lowest BCUT2D eigenvalue weighted by atomic mass is 10.1. The van der Waals surface area contributed by atoms with Gasteiger partial charge in [-0.05, 0) is 24.1 Å². The molecule has 1 rings (SSSR count). The lowest BCUT2D eigenvalue weighted by Crippen LogP contribution is -2.10. The van der Waals surface area contributed by atoms with Crippen LogP contribution in [0.3, 0.4) is 0 Å². The molecule has 16 heavy (non-hydrogen) atoms. The molecule has 86 valence electrons. The van der Waals surface area contributed by atoms with Crippen LogP contribution in [0.15, 0.2) is 30.6 Å². The van der Waals surface area contributed by atoms with Gasteiger partial charge in [-0.3, -0.25) is 10.1 Å². The van der Waals surface area contributed by atoms with Crippen LogP contribution < -0.4 is 5.32 Å². The van der Waals surface area contributed by atoms with E-state index in [0.29, 0.717) is 23.0 Å². The van der Waals surface area contributed by atoms with Gasteiger partial charge in [0.2, 0.25) is 6.20 Å². The Morgan fingerprint density at radius 3 is 2.81 bits per heavy atom. The molecule has 0 heterocycles. The van der Waals surface area contributed by atoms with E-state index in [4.69, 9.17) is 23.2 Å². The molecule has 0 saturated heterocycles. The van der Waals surface area contributed by atoms with Crippen LogP contribution in [0.2, 0.25) is 10.0 Å². The number of nitro groups is 1. The Morgan fingerprint density at radius 2 is 2.19 bits per heavy atom. The summed E-state index contributed by atoms with van der Waals surface area (Å²) in [4.78, 5) is 9.44. The summed E-state index contributed by atoms with van der Waals surface area (Å²) in [5.41, 5.74) is 0.952. The molecule has 0 amide bonds. The van der Waals surface area contributed by atoms with Gasteiger partial charge in [-0.1, -0.05) is 29.3 Å². The zero-order valence-electron chi connectivity index (χ0n) is 8.32. The SMILES string of the molecule is O=[N+]([O-])C=CNCCc1ccc(Cl)cc1Cl. The van der Waals surface area contributed by atoms with E-state index < -0.39 is 4.92 Å². The van der Waals surface area contributed by atoms with Crippen LogP contribution in [-0.4, -0.2) is 11.5 Å². The van der Waals surface area contributed by atoms with Crippen molar-refractivity contribution in [2.75, 3.05) is 6.54 Å². The molecule has 1 aromatic rings. The van der Waals surface area contributed by atoms with Crippen molar-refractivity contribution in [1.29, 1.82) is 0 Å². The van der Waals surface area contributed by atoms with Gasteiger partial charge in [0.05, 0.1) is 11.1 Å². The Kier molecular flexibility index (Phi) is 5.08. The van der Waals surface area contributed by atoms with E-state index in [1.165, 1.54) is 6.20 Å². The molecule has 0 unspecified atom stereocenters. The largest absolute Gasteiger partial charge is 0.386 e. The minimum Gasteiger partial charge on any atom is -0.386 e. The predicted octanol–water partition coefficient (Wildman–Crippen LogP) is 2.87. The molecule has 0 radical (unpaired) electrons. The van der Waals surface area contributed by atoms with Crippen LogP contribution in [0.5, 0.6) is 0 Å². The van der Waals surface area contributed by atoms with E-state index in [-0.39, 0.29) is 0 Å². The fourth-order valence-corrected chi connectivity index (χ4v) is 1.63. The molecule has 0 aliphatic heterocycles. The van der Waals surface area contributed by atoms with Gasteiger partial charge in [-0.15, -0.1) is 0 Å². The first kappa shape index (κ1) is 12.8. The van der Waals surface area contributed by atoms with Crippen molar-refractivity contribution < 1.29 is 4.92 Å². The van der Waals surface area contributed by atoms with Gasteiger partial charge in [0, 0.05) is 16.6 Å². The summed E-state index contributed by atoms with van der Waals surface area (Å²) in [7, 11) is 0. The lowest BCUT2D eigenvalue weighted by molar-refractivity contribution is -0.402. The van der Waals surface area contributed by atoms with Crippen LogP contribution in [0.4, 0.5) is 0 Å². The summed E-state index contributed by atoms with van der Waals surface area (Å²) in [5, 5.41) is 14.0. The van der Waals surface area contributed by atoms with E-state index in [0.717, 1.165) is 11.8 Å². The molecule has 0 saturated carbocycles. The summed E-state index contributed by atoms with van der Waals surface area (Å²) >= 11 is 11.7. The first-order valence-electron chi connectivity index (χ1n) is 4.57. The van der Waals surface area contributed by atoms with Crippen molar-refractivity contribution in [3.05, 3.63) is 56.3 Å². The third kappa shape index (κ3) is 4.51. The molecule has 0 fully saturated rings. The van der Waals surface area contributed by atoms with E-state index in [2.05, 4.69) is 5.32 Å². The van der Waals surface area contributed by atoms with Gasteiger partial charge >= 0.3 is 0 Å². The van der Waals surface area contributed by atoms with E-state index in [1.54, 1.807) is 12.1 Å². The highest BCUT2D eigenvalue weighted by molar-refractivity contribution is 6.35. The van der Waals surface area contributed by atoms with Gasteiger partial charge in [0.25, 0.3) is 0 Å². The minimum atomic E-state index is -0.526. The monoisotopic (exact) mass is 260 g/mol. The Bertz CT molecular complexity index is 408. The van der Waals surface area contributed by atoms with Gasteiger partial charge < -0.3 is 5.32 Å². The summed E-state index contributed by atoms with van der Waals surface area (Å²) in [6.45, 7) is 0.575. The van der Waals surface area contributed by atoms with Crippen LogP contribution in [0.1, 0.15) is 5.56 Å². The molecule has 0 atom stereocenters. The van der Waals surface area contributed by atoms with Gasteiger partial charge in [0.15, 0.2) is 0 Å². The number of rotatable bonds is 5. The summed E-state index contributed by atoms with van der Waals surface area (Å²) in [6, 6.07) is 5.27. The quantitative estimate of drug-likeness (QED) is 0.503. The smallest absolute Gasteiger partial charge is 0.249 e. The maximum absolute atomic E-state index is 9.97. The molecule has 0 aliphatic rings. The molecular formula is C10H10Cl2N2O2. The second kappa shape index (κ2) is 6.35. The fraction of sp³-hybridized carbons (Fsp3) is 0.200. The van der Waals surface area contributed by atoms with Gasteiger partial charge in [-0.2, -0.15) is 0 Å². The maximum atomic E-state index is 9.97. The zero-order valence-corrected chi connectivity index (χ0v) is 9.83. The molecular weight excluding hydrogens is 251 g/mol. The molecule has 0 spiro atoms. The third-order valence-corrected chi connectivity index (χ3v) is 2.45. The number of hydrogen-bond acceptors (Lipinski definition) is 3. The maximum Gasteiger partial charge on any atom is 0.249 e. The van der Waals surface area contributed by atoms with Gasteiger partial charge in [-0.25, -0.2) is 0 Å². The Hall–Kier alpha value is -1.26. The van der Waals surface area contributed by atoms with E-state index in [1.807, 2.05) is 6.07 Å². The van der Waals surface area contributed by atoms with Crippen molar-refractivity contribution in [1.82, 2.24) is 5.32 Å². The highest BCUT2D eigenvalue weighted by Crippen LogP contribution is 2.20. The molecule has 0 aromatic heterocycles. The second-order valence-electron chi connectivity index (χ2n) is 3.04. The molecule has 1 aromatic carbocycles. The van der Waals surface area contributed by atoms with Gasteiger partial charge in [0.1, 0.15) is 0 Å². The average Bonchev–Trinajstić information content (AvgIpc) is 2.20. The molecule has 0 bridgehead atoms. The fourth-order valence-electron chi connectivity index (χ4n) is 1.13. The Labute approximate surface area is 103 Å². The molecule has 4 nitrogen and oxygen atoms in total. The molecule has 6 heteroatoms. The number of nitrogens with one attached hydrogen (secondary N) is 1. The highest BCUT2D eigenvalue weighted by Gasteiger charge is 2.00. The van der Waals surface area contributed by atoms with Crippen LogP contribution in [0.25, 0.3) is 0 Å². The van der Waals surface area contributed by atoms with Crippen molar-refractivity contribution in [2.45, 2.75) is 6.42 Å². The minimum absolute atomic E-state index is 0.526. The number of hydrogen-bond donors (Lipinski definition) is 1. The van der Waals surface area contributed by atoms with Crippen molar-refractivity contribution in [2.24, 2.45) is 0 Å². The van der Waals surface area contributed by atoms with Crippen molar-refractivity contribution in [3.63, 3.8) is 0 Å². The normalized spacial score (nSPS) is 10.6. The Morgan fingerprint density at radius 1 is 1.44 bits per heavy atom. The van der Waals surface area contributed by atoms with Crippen LogP contribution >= 0.6 is 23.2 Å². The van der Waals surface area contributed by atoms with E-state index in [9.17, 15) is 10.1 Å². The topological polar surface area (TPSA) is 55.2 Å². The lowest BCUT2D eigenvalue weighted by Gasteiger charge is -2.04. The Balaban J connectivity index is 2.40. The summed E-state index contributed by atoms with van der Waals surface area (Å²) < 4.78 is 0. The number of halogens is 2. The van der Waals surface area contributed by atoms with E-state index >= 15 is 0 Å². The van der Waals surface area contributed by atoms with Crippen molar-refractivity contribution >= 4 is 23.2 Å². The first-order valence-corrected chi connectivity index (χ1v) is 5.32. The number of nitrogens with zero attached hydrogens (tertiary/aromatic N) is 1. The first-order chi connectivity index (χ1) is 7.59. The number of benzene rings is 1. The predicted molar refractivity (Wildman–Crippen MR) is 64.3 cm³/mol. The standard InChI is InChI=1S/C10H10Cl2N2O2/c11-9-2-1-8(10(12)7-9)3-4-13-5-6-14(15)16/h1-2,5-7,13H,3-4H2. The average molecular weight is 261 g/mol. The highest BCUT2D eigenvalue weighted by atomic mass is 35.5. The second-order valence-corrected chi connectivity index (χ2v) is 3.88. The molecule has 1 N–H and O–H groups in total. The third-order valence-electron chi connectivity index (χ3n) is 1.87. The summed E-state index contributed by atoms with van der Waals surface area (Å²) in [6.07, 6.45) is 2.82.